The molecule has 0 aromatic heterocycles. The number of benzene rings is 1. The van der Waals surface area contributed by atoms with Gasteiger partial charge in [-0.05, 0) is 30.9 Å². The Hall–Kier alpha value is -0.340. The average Bonchev–Trinajstić information content (AvgIpc) is 2.15. The van der Waals surface area contributed by atoms with Gasteiger partial charge in [0.15, 0.2) is 0 Å². The minimum atomic E-state index is 0.581. The van der Waals surface area contributed by atoms with Gasteiger partial charge in [-0.2, -0.15) is 0 Å². The van der Waals surface area contributed by atoms with Crippen LogP contribution in [0.15, 0.2) is 28.7 Å². The predicted octanol–water partition coefficient (Wildman–Crippen LogP) is 3.97. The molecule has 1 atom stereocenters. The lowest BCUT2D eigenvalue weighted by Gasteiger charge is -2.16. The number of rotatable bonds is 5. The molecule has 0 heterocycles. The Morgan fingerprint density at radius 2 is 1.87 bits per heavy atom. The Labute approximate surface area is 101 Å². The molecule has 0 bridgehead atoms. The lowest BCUT2D eigenvalue weighted by molar-refractivity contribution is 0.441. The largest absolute Gasteiger partial charge is 0.310 e. The molecule has 1 rings (SSSR count). The molecule has 0 radical (unpaired) electrons. The number of halogens is 1. The van der Waals surface area contributed by atoms with Crippen molar-refractivity contribution in [3.63, 3.8) is 0 Å². The van der Waals surface area contributed by atoms with Crippen LogP contribution in [0.2, 0.25) is 0 Å². The van der Waals surface area contributed by atoms with Gasteiger partial charge in [0.1, 0.15) is 0 Å². The van der Waals surface area contributed by atoms with E-state index in [1.807, 2.05) is 6.07 Å². The summed E-state index contributed by atoms with van der Waals surface area (Å²) in [6.07, 6.45) is 1.23. The molecule has 1 N–H and O–H groups in total. The molecule has 1 aromatic carbocycles. The van der Waals surface area contributed by atoms with E-state index in [4.69, 9.17) is 0 Å². The molecule has 0 saturated heterocycles. The summed E-state index contributed by atoms with van der Waals surface area (Å²) in [4.78, 5) is 0. The average molecular weight is 270 g/mol. The van der Waals surface area contributed by atoms with Crippen molar-refractivity contribution in [1.29, 1.82) is 0 Å². The fraction of sp³-hybridized carbons (Fsp3) is 0.538. The van der Waals surface area contributed by atoms with Crippen LogP contribution in [0, 0.1) is 5.92 Å². The maximum atomic E-state index is 3.56. The second-order valence-corrected chi connectivity index (χ2v) is 5.36. The van der Waals surface area contributed by atoms with Crippen LogP contribution >= 0.6 is 15.9 Å². The van der Waals surface area contributed by atoms with Crippen LogP contribution in [0.3, 0.4) is 0 Å². The second kappa shape index (κ2) is 6.29. The van der Waals surface area contributed by atoms with Crippen molar-refractivity contribution in [2.75, 3.05) is 0 Å². The van der Waals surface area contributed by atoms with E-state index in [2.05, 4.69) is 60.2 Å². The van der Waals surface area contributed by atoms with E-state index in [0.29, 0.717) is 6.04 Å². The van der Waals surface area contributed by atoms with Crippen molar-refractivity contribution in [3.8, 4) is 0 Å². The molecule has 0 aliphatic carbocycles. The third kappa shape index (κ3) is 4.80. The lowest BCUT2D eigenvalue weighted by Crippen LogP contribution is -2.26. The van der Waals surface area contributed by atoms with Crippen LogP contribution in [-0.2, 0) is 6.54 Å². The molecule has 0 spiro atoms. The summed E-state index contributed by atoms with van der Waals surface area (Å²) >= 11 is 3.56. The maximum absolute atomic E-state index is 3.56. The zero-order valence-corrected chi connectivity index (χ0v) is 11.3. The first-order valence-electron chi connectivity index (χ1n) is 5.56. The van der Waals surface area contributed by atoms with Crippen LogP contribution in [0.1, 0.15) is 32.8 Å². The normalized spacial score (nSPS) is 13.1. The van der Waals surface area contributed by atoms with Crippen molar-refractivity contribution in [2.24, 2.45) is 5.92 Å². The molecular formula is C13H20BrN. The SMILES string of the molecule is CC(C)CC(C)NCc1ccccc1Br. The summed E-state index contributed by atoms with van der Waals surface area (Å²) in [5.41, 5.74) is 1.33. The Balaban J connectivity index is 2.40. The van der Waals surface area contributed by atoms with E-state index in [0.717, 1.165) is 12.5 Å². The highest BCUT2D eigenvalue weighted by molar-refractivity contribution is 9.10. The molecule has 0 saturated carbocycles. The van der Waals surface area contributed by atoms with Crippen LogP contribution in [0.5, 0.6) is 0 Å². The quantitative estimate of drug-likeness (QED) is 0.853. The molecule has 0 fully saturated rings. The highest BCUT2D eigenvalue weighted by atomic mass is 79.9. The van der Waals surface area contributed by atoms with Gasteiger partial charge in [-0.15, -0.1) is 0 Å². The first-order chi connectivity index (χ1) is 7.09. The van der Waals surface area contributed by atoms with Gasteiger partial charge in [-0.25, -0.2) is 0 Å². The molecule has 1 aromatic rings. The van der Waals surface area contributed by atoms with Gasteiger partial charge in [0.25, 0.3) is 0 Å². The van der Waals surface area contributed by atoms with E-state index in [1.165, 1.54) is 16.5 Å². The number of hydrogen-bond donors (Lipinski definition) is 1. The molecule has 0 aliphatic rings. The maximum Gasteiger partial charge on any atom is 0.0220 e. The van der Waals surface area contributed by atoms with Gasteiger partial charge >= 0.3 is 0 Å². The third-order valence-electron chi connectivity index (χ3n) is 2.42. The lowest BCUT2D eigenvalue weighted by atomic mass is 10.1. The van der Waals surface area contributed by atoms with Crippen LogP contribution in [0.25, 0.3) is 0 Å². The Bertz CT molecular complexity index is 296. The summed E-state index contributed by atoms with van der Waals surface area (Å²) in [5, 5.41) is 3.54. The summed E-state index contributed by atoms with van der Waals surface area (Å²) in [7, 11) is 0. The van der Waals surface area contributed by atoms with Crippen molar-refractivity contribution in [3.05, 3.63) is 34.3 Å². The van der Waals surface area contributed by atoms with Crippen molar-refractivity contribution in [2.45, 2.75) is 39.8 Å². The number of hydrogen-bond acceptors (Lipinski definition) is 1. The zero-order chi connectivity index (χ0) is 11.3. The number of nitrogens with one attached hydrogen (secondary N) is 1. The van der Waals surface area contributed by atoms with E-state index in [-0.39, 0.29) is 0 Å². The molecule has 2 heteroatoms. The Kier molecular flexibility index (Phi) is 5.34. The predicted molar refractivity (Wildman–Crippen MR) is 69.9 cm³/mol. The van der Waals surface area contributed by atoms with Crippen molar-refractivity contribution >= 4 is 15.9 Å². The standard InChI is InChI=1S/C13H20BrN/c1-10(2)8-11(3)15-9-12-6-4-5-7-13(12)14/h4-7,10-11,15H,8-9H2,1-3H3. The Morgan fingerprint density at radius 3 is 2.47 bits per heavy atom. The second-order valence-electron chi connectivity index (χ2n) is 4.50. The van der Waals surface area contributed by atoms with Gasteiger partial charge in [0.2, 0.25) is 0 Å². The topological polar surface area (TPSA) is 12.0 Å². The van der Waals surface area contributed by atoms with Gasteiger partial charge in [-0.3, -0.25) is 0 Å². The summed E-state index contributed by atoms with van der Waals surface area (Å²) < 4.78 is 1.19. The minimum absolute atomic E-state index is 0.581. The summed E-state index contributed by atoms with van der Waals surface area (Å²) in [6.45, 7) is 7.71. The summed E-state index contributed by atoms with van der Waals surface area (Å²) in [6, 6.07) is 8.95. The van der Waals surface area contributed by atoms with Crippen LogP contribution in [0.4, 0.5) is 0 Å². The van der Waals surface area contributed by atoms with E-state index in [1.54, 1.807) is 0 Å². The van der Waals surface area contributed by atoms with Gasteiger partial charge in [0, 0.05) is 17.1 Å². The van der Waals surface area contributed by atoms with Crippen LogP contribution in [-0.4, -0.2) is 6.04 Å². The Morgan fingerprint density at radius 1 is 1.20 bits per heavy atom. The monoisotopic (exact) mass is 269 g/mol. The van der Waals surface area contributed by atoms with Crippen molar-refractivity contribution in [1.82, 2.24) is 5.32 Å². The van der Waals surface area contributed by atoms with Crippen LogP contribution < -0.4 is 5.32 Å². The molecule has 0 aliphatic heterocycles. The fourth-order valence-electron chi connectivity index (χ4n) is 1.72. The highest BCUT2D eigenvalue weighted by Crippen LogP contribution is 2.16. The molecule has 1 nitrogen and oxygen atoms in total. The van der Waals surface area contributed by atoms with Gasteiger partial charge < -0.3 is 5.32 Å². The zero-order valence-electron chi connectivity index (χ0n) is 9.76. The molecular weight excluding hydrogens is 250 g/mol. The van der Waals surface area contributed by atoms with Crippen molar-refractivity contribution < 1.29 is 0 Å². The first-order valence-corrected chi connectivity index (χ1v) is 6.35. The van der Waals surface area contributed by atoms with E-state index < -0.39 is 0 Å². The van der Waals surface area contributed by atoms with Gasteiger partial charge in [-0.1, -0.05) is 48.0 Å². The fourth-order valence-corrected chi connectivity index (χ4v) is 2.14. The molecule has 84 valence electrons. The summed E-state index contributed by atoms with van der Waals surface area (Å²) in [5.74, 6) is 0.756. The third-order valence-corrected chi connectivity index (χ3v) is 3.20. The van der Waals surface area contributed by atoms with E-state index in [9.17, 15) is 0 Å². The highest BCUT2D eigenvalue weighted by Gasteiger charge is 2.05. The smallest absolute Gasteiger partial charge is 0.0220 e. The van der Waals surface area contributed by atoms with E-state index >= 15 is 0 Å². The minimum Gasteiger partial charge on any atom is -0.310 e. The first kappa shape index (κ1) is 12.7. The van der Waals surface area contributed by atoms with Gasteiger partial charge in [0.05, 0.1) is 0 Å². The molecule has 1 unspecified atom stereocenters. The molecule has 15 heavy (non-hydrogen) atoms. The molecule has 0 amide bonds.